The molecule has 2 atom stereocenters. The Balaban J connectivity index is 0.00000272. The second-order valence-corrected chi connectivity index (χ2v) is 8.31. The number of hydrogen-bond donors (Lipinski definition) is 0. The van der Waals surface area contributed by atoms with Crippen molar-refractivity contribution < 1.29 is 42.2 Å². The predicted octanol–water partition coefficient (Wildman–Crippen LogP) is 5.45. The van der Waals surface area contributed by atoms with E-state index in [0.29, 0.717) is 28.8 Å². The van der Waals surface area contributed by atoms with Crippen molar-refractivity contribution in [3.05, 3.63) is 60.0 Å². The molecule has 4 nitrogen and oxygen atoms in total. The SMILES string of the molecule is C[CH-]CCC(C)C(C)B1Cc2c(cccc2-c2nc3[c-]cccc3nc2OC)C1=O.[Y]. The van der Waals surface area contributed by atoms with Crippen LogP contribution in [0.15, 0.2) is 36.4 Å². The molecule has 31 heavy (non-hydrogen) atoms. The predicted molar refractivity (Wildman–Crippen MR) is 122 cm³/mol. The number of aromatic nitrogens is 2. The third-order valence-electron chi connectivity index (χ3n) is 6.55. The maximum atomic E-state index is 13.3. The fraction of sp³-hybridized carbons (Fsp3) is 0.360. The Morgan fingerprint density at radius 3 is 2.71 bits per heavy atom. The Hall–Kier alpha value is -1.58. The number of benzene rings is 2. The van der Waals surface area contributed by atoms with Gasteiger partial charge in [0.2, 0.25) is 12.6 Å². The van der Waals surface area contributed by atoms with Crippen LogP contribution in [0.3, 0.4) is 0 Å². The summed E-state index contributed by atoms with van der Waals surface area (Å²) in [6.45, 7) is 6.59. The van der Waals surface area contributed by atoms with Gasteiger partial charge in [-0.1, -0.05) is 50.2 Å². The standard InChI is InChI=1S/C25H27BN2O2.Y/c1-5-6-10-16(2)17(3)26-15-20-18(11-9-12-19(20)24(26)29)23-25(30-4)28-22-14-8-7-13-21(22)27-23;/h5,7-9,11-12,14,16-17H,6,10,15H2,1-4H3;/q-2;. The number of para-hydroxylation sites is 1. The van der Waals surface area contributed by atoms with Crippen molar-refractivity contribution in [3.63, 3.8) is 0 Å². The summed E-state index contributed by atoms with van der Waals surface area (Å²) in [4.78, 5) is 22.7. The Kier molecular flexibility index (Phi) is 8.04. The Labute approximate surface area is 210 Å². The first kappa shape index (κ1) is 24.1. The smallest absolute Gasteiger partial charge is 0.237 e. The summed E-state index contributed by atoms with van der Waals surface area (Å²) in [6.07, 6.45) is 5.15. The molecule has 0 fully saturated rings. The number of rotatable bonds is 7. The third kappa shape index (κ3) is 4.63. The molecule has 1 aliphatic heterocycles. The van der Waals surface area contributed by atoms with Crippen LogP contribution in [-0.2, 0) is 39.0 Å². The Morgan fingerprint density at radius 2 is 1.97 bits per heavy atom. The first-order chi connectivity index (χ1) is 14.5. The minimum absolute atomic E-state index is 0. The fourth-order valence-corrected chi connectivity index (χ4v) is 4.52. The number of fused-ring (bicyclic) bond motifs is 2. The molecule has 4 rings (SSSR count). The van der Waals surface area contributed by atoms with Crippen LogP contribution in [0.1, 0.15) is 49.5 Å². The van der Waals surface area contributed by atoms with E-state index < -0.39 is 0 Å². The molecule has 1 aliphatic rings. The van der Waals surface area contributed by atoms with E-state index >= 15 is 0 Å². The van der Waals surface area contributed by atoms with Crippen LogP contribution in [0, 0.1) is 18.4 Å². The van der Waals surface area contributed by atoms with Gasteiger partial charge in [0.05, 0.1) is 7.11 Å². The van der Waals surface area contributed by atoms with E-state index in [0.717, 1.165) is 41.4 Å². The second kappa shape index (κ2) is 10.4. The van der Waals surface area contributed by atoms with Crippen LogP contribution >= 0.6 is 0 Å². The van der Waals surface area contributed by atoms with Gasteiger partial charge >= 0.3 is 0 Å². The number of unbranched alkanes of at least 4 members (excludes halogenated alkanes) is 1. The normalized spacial score (nSPS) is 14.8. The Morgan fingerprint density at radius 1 is 1.19 bits per heavy atom. The van der Waals surface area contributed by atoms with Crippen molar-refractivity contribution >= 4 is 23.4 Å². The van der Waals surface area contributed by atoms with E-state index in [2.05, 4.69) is 38.2 Å². The van der Waals surface area contributed by atoms with Crippen molar-refractivity contribution in [2.24, 2.45) is 5.92 Å². The van der Waals surface area contributed by atoms with E-state index in [1.165, 1.54) is 0 Å². The minimum atomic E-state index is 0. The van der Waals surface area contributed by atoms with Crippen LogP contribution in [0.4, 0.5) is 0 Å². The monoisotopic (exact) mass is 487 g/mol. The summed E-state index contributed by atoms with van der Waals surface area (Å²) in [6, 6.07) is 14.7. The number of carbonyl (C=O) groups is 1. The zero-order chi connectivity index (χ0) is 21.3. The van der Waals surface area contributed by atoms with E-state index in [1.54, 1.807) is 7.11 Å². The van der Waals surface area contributed by atoms with Crippen molar-refractivity contribution in [1.82, 2.24) is 9.97 Å². The summed E-state index contributed by atoms with van der Waals surface area (Å²) in [5, 5.41) is 0. The molecule has 1 radical (unpaired) electrons. The summed E-state index contributed by atoms with van der Waals surface area (Å²) >= 11 is 0. The van der Waals surface area contributed by atoms with Crippen molar-refractivity contribution in [2.45, 2.75) is 45.8 Å². The molecule has 1 aromatic heterocycles. The van der Waals surface area contributed by atoms with Gasteiger partial charge in [-0.2, -0.15) is 31.5 Å². The fourth-order valence-electron chi connectivity index (χ4n) is 4.52. The molecule has 0 N–H and O–H groups in total. The van der Waals surface area contributed by atoms with Gasteiger partial charge in [-0.05, 0) is 22.9 Å². The van der Waals surface area contributed by atoms with Crippen LogP contribution in [0.2, 0.25) is 5.82 Å². The van der Waals surface area contributed by atoms with E-state index in [4.69, 9.17) is 9.72 Å². The van der Waals surface area contributed by atoms with Crippen molar-refractivity contribution in [3.8, 4) is 17.1 Å². The molecule has 6 heteroatoms. The molecule has 0 aliphatic carbocycles. The molecule has 0 bridgehead atoms. The quantitative estimate of drug-likeness (QED) is 0.329. The number of nitrogens with zero attached hydrogens (tertiary/aromatic N) is 2. The average Bonchev–Trinajstić information content (AvgIpc) is 3.12. The van der Waals surface area contributed by atoms with E-state index in [9.17, 15) is 4.79 Å². The summed E-state index contributed by atoms with van der Waals surface area (Å²) in [5.41, 5.74) is 5.20. The molecule has 2 unspecified atom stereocenters. The minimum Gasteiger partial charge on any atom is -0.480 e. The van der Waals surface area contributed by atoms with Gasteiger partial charge in [-0.15, -0.1) is 6.07 Å². The molecule has 0 spiro atoms. The third-order valence-corrected chi connectivity index (χ3v) is 6.55. The van der Waals surface area contributed by atoms with Crippen molar-refractivity contribution in [1.29, 1.82) is 0 Å². The molecule has 157 valence electrons. The number of carbonyl (C=O) groups excluding carboxylic acids is 1. The molecule has 3 aromatic rings. The average molecular weight is 487 g/mol. The zero-order valence-electron chi connectivity index (χ0n) is 18.7. The van der Waals surface area contributed by atoms with Gasteiger partial charge in [-0.3, -0.25) is 9.97 Å². The first-order valence-electron chi connectivity index (χ1n) is 10.7. The second-order valence-electron chi connectivity index (χ2n) is 8.31. The Bertz CT molecular complexity index is 1090. The number of hydrogen-bond acceptors (Lipinski definition) is 4. The molecule has 2 aromatic carbocycles. The van der Waals surface area contributed by atoms with Crippen LogP contribution < -0.4 is 4.74 Å². The summed E-state index contributed by atoms with van der Waals surface area (Å²) < 4.78 is 5.58. The topological polar surface area (TPSA) is 52.1 Å². The maximum absolute atomic E-state index is 13.3. The summed E-state index contributed by atoms with van der Waals surface area (Å²) in [7, 11) is 1.61. The van der Waals surface area contributed by atoms with E-state index in [1.807, 2.05) is 36.4 Å². The van der Waals surface area contributed by atoms with Crippen molar-refractivity contribution in [2.75, 3.05) is 7.11 Å². The van der Waals surface area contributed by atoms with Gasteiger partial charge in [0.25, 0.3) is 0 Å². The van der Waals surface area contributed by atoms with Gasteiger partial charge < -0.3 is 16.0 Å². The molecule has 2 heterocycles. The molecule has 0 saturated heterocycles. The van der Waals surface area contributed by atoms with Gasteiger partial charge in [0.1, 0.15) is 11.4 Å². The largest absolute Gasteiger partial charge is 0.480 e. The van der Waals surface area contributed by atoms with Crippen LogP contribution in [0.25, 0.3) is 22.3 Å². The maximum Gasteiger partial charge on any atom is 0.237 e. The molecular formula is C25H27BN2O2Y-2. The summed E-state index contributed by atoms with van der Waals surface area (Å²) in [5.74, 6) is 1.31. The molecule has 0 amide bonds. The number of ether oxygens (including phenoxy) is 1. The van der Waals surface area contributed by atoms with Crippen LogP contribution in [0.5, 0.6) is 5.88 Å². The first-order valence-corrected chi connectivity index (χ1v) is 10.7. The van der Waals surface area contributed by atoms with Crippen LogP contribution in [-0.4, -0.2) is 29.5 Å². The van der Waals surface area contributed by atoms with Gasteiger partial charge in [0.15, 0.2) is 0 Å². The van der Waals surface area contributed by atoms with E-state index in [-0.39, 0.29) is 45.1 Å². The molecule has 0 saturated carbocycles. The zero-order valence-corrected chi connectivity index (χ0v) is 21.5. The molecular weight excluding hydrogens is 460 g/mol. The van der Waals surface area contributed by atoms with Gasteiger partial charge in [0, 0.05) is 43.8 Å². The number of methoxy groups -OCH3 is 1. The van der Waals surface area contributed by atoms with Gasteiger partial charge in [-0.25, -0.2) is 0 Å².